The molecular weight excluding hydrogens is 398 g/mol. The van der Waals surface area contributed by atoms with Crippen LogP contribution in [0.15, 0.2) is 60.2 Å². The summed E-state index contributed by atoms with van der Waals surface area (Å²) < 4.78 is 1.80. The van der Waals surface area contributed by atoms with E-state index in [1.54, 1.807) is 4.68 Å². The Morgan fingerprint density at radius 1 is 1.09 bits per heavy atom. The van der Waals surface area contributed by atoms with Crippen molar-refractivity contribution in [3.8, 4) is 0 Å². The zero-order valence-corrected chi connectivity index (χ0v) is 18.7. The zero-order chi connectivity index (χ0) is 22.2. The van der Waals surface area contributed by atoms with Crippen LogP contribution in [0.25, 0.3) is 16.6 Å². The molecule has 0 unspecified atom stereocenters. The van der Waals surface area contributed by atoms with Gasteiger partial charge in [-0.05, 0) is 38.7 Å². The van der Waals surface area contributed by atoms with Crippen molar-refractivity contribution < 1.29 is 4.79 Å². The van der Waals surface area contributed by atoms with Gasteiger partial charge >= 0.3 is 0 Å². The molecule has 2 heterocycles. The number of hydrogen-bond acceptors (Lipinski definition) is 4. The molecule has 32 heavy (non-hydrogen) atoms. The lowest BCUT2D eigenvalue weighted by Crippen LogP contribution is -2.43. The highest BCUT2D eigenvalue weighted by atomic mass is 16.2. The lowest BCUT2D eigenvalue weighted by Gasteiger charge is -2.37. The molecule has 6 heteroatoms. The van der Waals surface area contributed by atoms with Crippen LogP contribution in [0, 0.1) is 5.92 Å². The quantitative estimate of drug-likeness (QED) is 0.663. The summed E-state index contributed by atoms with van der Waals surface area (Å²) in [6, 6.07) is 16.5. The zero-order valence-electron chi connectivity index (χ0n) is 18.7. The molecule has 164 valence electrons. The van der Waals surface area contributed by atoms with Crippen LogP contribution in [-0.4, -0.2) is 38.9 Å². The van der Waals surface area contributed by atoms with E-state index in [4.69, 9.17) is 0 Å². The average Bonchev–Trinajstić information content (AvgIpc) is 3.17. The van der Waals surface area contributed by atoms with Crippen molar-refractivity contribution in [3.05, 3.63) is 71.9 Å². The molecule has 0 bridgehead atoms. The predicted octanol–water partition coefficient (Wildman–Crippen LogP) is 4.57. The summed E-state index contributed by atoms with van der Waals surface area (Å²) in [7, 11) is 1.89. The van der Waals surface area contributed by atoms with Crippen LogP contribution < -0.4 is 5.43 Å². The topological polar surface area (TPSA) is 62.5 Å². The second-order valence-corrected chi connectivity index (χ2v) is 8.72. The van der Waals surface area contributed by atoms with Crippen molar-refractivity contribution in [2.45, 2.75) is 38.6 Å². The van der Waals surface area contributed by atoms with Crippen molar-refractivity contribution in [2.75, 3.05) is 6.54 Å². The number of nitrogens with one attached hydrogen (secondary N) is 1. The van der Waals surface area contributed by atoms with E-state index in [0.717, 1.165) is 53.6 Å². The Bertz CT molecular complexity index is 1220. The fourth-order valence-corrected chi connectivity index (χ4v) is 5.27. The summed E-state index contributed by atoms with van der Waals surface area (Å²) in [6.45, 7) is 6.83. The average molecular weight is 428 g/mol. The van der Waals surface area contributed by atoms with Crippen molar-refractivity contribution >= 4 is 28.2 Å². The molecule has 1 fully saturated rings. The van der Waals surface area contributed by atoms with E-state index in [0.29, 0.717) is 18.2 Å². The predicted molar refractivity (Wildman–Crippen MR) is 128 cm³/mol. The SMILES string of the molecule is C=C1NN=C(C2CCC(N(CC)C(=O)c3nn(C)c4ccccc34)CC2)c2ccccc21. The maximum atomic E-state index is 13.5. The lowest BCUT2D eigenvalue weighted by molar-refractivity contribution is 0.0633. The van der Waals surface area contributed by atoms with Gasteiger partial charge in [-0.3, -0.25) is 14.9 Å². The summed E-state index contributed by atoms with van der Waals surface area (Å²) in [5.41, 5.74) is 8.94. The van der Waals surface area contributed by atoms with Gasteiger partial charge in [-0.2, -0.15) is 10.2 Å². The first-order valence-electron chi connectivity index (χ1n) is 11.4. The monoisotopic (exact) mass is 427 g/mol. The summed E-state index contributed by atoms with van der Waals surface area (Å²) in [5, 5.41) is 10.1. The van der Waals surface area contributed by atoms with Gasteiger partial charge in [0.25, 0.3) is 5.91 Å². The molecule has 2 aromatic carbocycles. The number of carbonyl (C=O) groups excluding carboxylic acids is 1. The van der Waals surface area contributed by atoms with Gasteiger partial charge in [-0.15, -0.1) is 0 Å². The molecule has 2 aliphatic rings. The Morgan fingerprint density at radius 2 is 1.78 bits per heavy atom. The molecule has 1 aromatic heterocycles. The minimum absolute atomic E-state index is 0.0334. The van der Waals surface area contributed by atoms with Crippen molar-refractivity contribution in [1.82, 2.24) is 20.1 Å². The smallest absolute Gasteiger partial charge is 0.275 e. The molecule has 1 N–H and O–H groups in total. The minimum atomic E-state index is 0.0334. The molecule has 0 spiro atoms. The summed E-state index contributed by atoms with van der Waals surface area (Å²) >= 11 is 0. The van der Waals surface area contributed by atoms with E-state index in [1.807, 2.05) is 42.3 Å². The summed E-state index contributed by atoms with van der Waals surface area (Å²) in [5.74, 6) is 0.420. The third kappa shape index (κ3) is 3.40. The van der Waals surface area contributed by atoms with Crippen LogP contribution in [0.4, 0.5) is 0 Å². The third-order valence-corrected chi connectivity index (χ3v) is 6.93. The van der Waals surface area contributed by atoms with Gasteiger partial charge in [-0.1, -0.05) is 49.0 Å². The van der Waals surface area contributed by atoms with Crippen molar-refractivity contribution in [2.24, 2.45) is 18.1 Å². The van der Waals surface area contributed by atoms with E-state index in [9.17, 15) is 4.79 Å². The van der Waals surface area contributed by atoms with Gasteiger partial charge < -0.3 is 4.90 Å². The lowest BCUT2D eigenvalue weighted by atomic mass is 9.79. The van der Waals surface area contributed by atoms with Crippen molar-refractivity contribution in [1.29, 1.82) is 0 Å². The maximum Gasteiger partial charge on any atom is 0.275 e. The summed E-state index contributed by atoms with van der Waals surface area (Å²) in [6.07, 6.45) is 3.96. The molecule has 6 nitrogen and oxygen atoms in total. The van der Waals surface area contributed by atoms with Crippen LogP contribution in [-0.2, 0) is 7.05 Å². The molecule has 3 aromatic rings. The minimum Gasteiger partial charge on any atom is -0.335 e. The third-order valence-electron chi connectivity index (χ3n) is 6.93. The number of hydrazone groups is 1. The normalized spacial score (nSPS) is 20.4. The highest BCUT2D eigenvalue weighted by Gasteiger charge is 2.33. The molecule has 0 saturated heterocycles. The van der Waals surface area contributed by atoms with E-state index in [-0.39, 0.29) is 11.9 Å². The fourth-order valence-electron chi connectivity index (χ4n) is 5.27. The Balaban J connectivity index is 1.33. The van der Waals surface area contributed by atoms with E-state index < -0.39 is 0 Å². The molecule has 5 rings (SSSR count). The standard InChI is InChI=1S/C26H29N5O/c1-4-31(26(32)25-22-11-7-8-12-23(22)30(3)29-25)19-15-13-18(14-16-19)24-21-10-6-5-9-20(21)17(2)27-28-24/h5-12,18-19,27H,2,4,13-16H2,1,3H3. The Labute approximate surface area is 188 Å². The first-order chi connectivity index (χ1) is 15.6. The second kappa shape index (κ2) is 8.26. The van der Waals surface area contributed by atoms with Crippen molar-refractivity contribution in [3.63, 3.8) is 0 Å². The van der Waals surface area contributed by atoms with Gasteiger partial charge in [0.15, 0.2) is 5.69 Å². The first kappa shape index (κ1) is 20.5. The van der Waals surface area contributed by atoms with Crippen LogP contribution in [0.2, 0.25) is 0 Å². The Morgan fingerprint density at radius 3 is 2.53 bits per heavy atom. The van der Waals surface area contributed by atoms with Crippen LogP contribution in [0.3, 0.4) is 0 Å². The van der Waals surface area contributed by atoms with E-state index in [1.165, 1.54) is 5.56 Å². The fraction of sp³-hybridized carbons (Fsp3) is 0.346. The molecule has 0 atom stereocenters. The second-order valence-electron chi connectivity index (χ2n) is 8.72. The highest BCUT2D eigenvalue weighted by Crippen LogP contribution is 2.34. The number of benzene rings is 2. The Kier molecular flexibility index (Phi) is 5.29. The largest absolute Gasteiger partial charge is 0.335 e. The Hall–Kier alpha value is -3.41. The first-order valence-corrected chi connectivity index (χ1v) is 11.4. The maximum absolute atomic E-state index is 13.5. The number of aromatic nitrogens is 2. The van der Waals surface area contributed by atoms with Crippen LogP contribution in [0.1, 0.15) is 54.2 Å². The van der Waals surface area contributed by atoms with Gasteiger partial charge in [0, 0.05) is 42.1 Å². The molecule has 1 saturated carbocycles. The molecule has 1 aliphatic carbocycles. The molecular formula is C26H29N5O. The molecule has 1 aliphatic heterocycles. The van der Waals surface area contributed by atoms with Gasteiger partial charge in [0.1, 0.15) is 0 Å². The molecule has 1 amide bonds. The number of para-hydroxylation sites is 1. The molecule has 0 radical (unpaired) electrons. The number of amides is 1. The number of rotatable bonds is 4. The van der Waals surface area contributed by atoms with E-state index in [2.05, 4.69) is 47.3 Å². The van der Waals surface area contributed by atoms with Gasteiger partial charge in [-0.25, -0.2) is 0 Å². The number of hydrogen-bond donors (Lipinski definition) is 1. The number of aryl methyl sites for hydroxylation is 1. The van der Waals surface area contributed by atoms with Gasteiger partial charge in [0.2, 0.25) is 0 Å². The van der Waals surface area contributed by atoms with Crippen LogP contribution >= 0.6 is 0 Å². The summed E-state index contributed by atoms with van der Waals surface area (Å²) in [4.78, 5) is 15.5. The van der Waals surface area contributed by atoms with Gasteiger partial charge in [0.05, 0.1) is 16.9 Å². The van der Waals surface area contributed by atoms with Crippen LogP contribution in [0.5, 0.6) is 0 Å². The number of nitrogens with zero attached hydrogens (tertiary/aromatic N) is 4. The number of carbonyl (C=O) groups is 1. The highest BCUT2D eigenvalue weighted by molar-refractivity contribution is 6.07. The number of fused-ring (bicyclic) bond motifs is 2. The van der Waals surface area contributed by atoms with E-state index >= 15 is 0 Å².